The second-order valence-corrected chi connectivity index (χ2v) is 5.76. The number of rotatable bonds is 5. The Balaban J connectivity index is 1.93. The van der Waals surface area contributed by atoms with Crippen molar-refractivity contribution < 1.29 is 9.47 Å². The van der Waals surface area contributed by atoms with Crippen LogP contribution < -0.4 is 4.74 Å². The van der Waals surface area contributed by atoms with E-state index in [0.717, 1.165) is 25.2 Å². The van der Waals surface area contributed by atoms with E-state index < -0.39 is 0 Å². The molecule has 17 heavy (non-hydrogen) atoms. The molecule has 1 aliphatic carbocycles. The molecule has 94 valence electrons. The largest absolute Gasteiger partial charge is 0.486 e. The fourth-order valence-corrected chi connectivity index (χ4v) is 2.85. The van der Waals surface area contributed by atoms with E-state index in [1.165, 1.54) is 0 Å². The van der Waals surface area contributed by atoms with Crippen LogP contribution >= 0.6 is 27.5 Å². The standard InChI is InChI=1S/C13H16BrClO2/c1-2-7-16-13-9(14)8-12(13)17-11-6-4-3-5-10(11)15/h3-6,9,12-13H,2,7-8H2,1H3. The van der Waals surface area contributed by atoms with Gasteiger partial charge in [0.15, 0.2) is 0 Å². The molecule has 1 aromatic carbocycles. The molecule has 1 fully saturated rings. The lowest BCUT2D eigenvalue weighted by Crippen LogP contribution is -2.52. The Morgan fingerprint density at radius 2 is 2.18 bits per heavy atom. The van der Waals surface area contributed by atoms with E-state index in [-0.39, 0.29) is 12.2 Å². The Hall–Kier alpha value is -0.250. The molecule has 0 spiro atoms. The van der Waals surface area contributed by atoms with Gasteiger partial charge in [0.2, 0.25) is 0 Å². The predicted octanol–water partition coefficient (Wildman–Crippen LogP) is 4.05. The first kappa shape index (κ1) is 13.2. The zero-order valence-corrected chi connectivity index (χ0v) is 12.1. The van der Waals surface area contributed by atoms with Crippen LogP contribution in [0.15, 0.2) is 24.3 Å². The van der Waals surface area contributed by atoms with Gasteiger partial charge in [-0.3, -0.25) is 0 Å². The molecular weight excluding hydrogens is 303 g/mol. The molecule has 2 rings (SSSR count). The average Bonchev–Trinajstić information content (AvgIpc) is 2.31. The van der Waals surface area contributed by atoms with E-state index in [0.29, 0.717) is 9.85 Å². The molecule has 0 amide bonds. The summed E-state index contributed by atoms with van der Waals surface area (Å²) in [6, 6.07) is 7.55. The Labute approximate surface area is 115 Å². The molecule has 3 atom stereocenters. The van der Waals surface area contributed by atoms with E-state index in [1.807, 2.05) is 24.3 Å². The van der Waals surface area contributed by atoms with E-state index in [4.69, 9.17) is 21.1 Å². The molecule has 0 saturated heterocycles. The highest BCUT2D eigenvalue weighted by molar-refractivity contribution is 9.09. The number of para-hydroxylation sites is 1. The number of alkyl halides is 1. The molecule has 4 heteroatoms. The Bertz CT molecular complexity index is 372. The third-order valence-electron chi connectivity index (χ3n) is 2.81. The topological polar surface area (TPSA) is 18.5 Å². The van der Waals surface area contributed by atoms with Crippen molar-refractivity contribution in [3.05, 3.63) is 29.3 Å². The zero-order valence-electron chi connectivity index (χ0n) is 9.74. The summed E-state index contributed by atoms with van der Waals surface area (Å²) < 4.78 is 11.6. The van der Waals surface area contributed by atoms with Crippen LogP contribution in [-0.2, 0) is 4.74 Å². The summed E-state index contributed by atoms with van der Waals surface area (Å²) in [5.41, 5.74) is 0. The number of ether oxygens (including phenoxy) is 2. The summed E-state index contributed by atoms with van der Waals surface area (Å²) in [7, 11) is 0. The van der Waals surface area contributed by atoms with Gasteiger partial charge in [0.1, 0.15) is 18.0 Å². The summed E-state index contributed by atoms with van der Waals surface area (Å²) in [5, 5.41) is 0.653. The quantitative estimate of drug-likeness (QED) is 0.762. The highest BCUT2D eigenvalue weighted by Gasteiger charge is 2.42. The molecule has 0 bridgehead atoms. The lowest BCUT2D eigenvalue weighted by Gasteiger charge is -2.41. The van der Waals surface area contributed by atoms with Gasteiger partial charge >= 0.3 is 0 Å². The van der Waals surface area contributed by atoms with Crippen LogP contribution in [0, 0.1) is 0 Å². The second-order valence-electron chi connectivity index (χ2n) is 4.17. The fraction of sp³-hybridized carbons (Fsp3) is 0.538. The van der Waals surface area contributed by atoms with Crippen LogP contribution in [-0.4, -0.2) is 23.6 Å². The molecule has 0 heterocycles. The first-order valence-corrected chi connectivity index (χ1v) is 7.18. The molecule has 3 unspecified atom stereocenters. The Kier molecular flexibility index (Phi) is 4.71. The summed E-state index contributed by atoms with van der Waals surface area (Å²) >= 11 is 9.65. The van der Waals surface area contributed by atoms with Gasteiger partial charge in [0.25, 0.3) is 0 Å². The maximum Gasteiger partial charge on any atom is 0.138 e. The van der Waals surface area contributed by atoms with Crippen LogP contribution in [0.4, 0.5) is 0 Å². The maximum atomic E-state index is 6.06. The minimum Gasteiger partial charge on any atom is -0.486 e. The van der Waals surface area contributed by atoms with Crippen molar-refractivity contribution in [2.24, 2.45) is 0 Å². The van der Waals surface area contributed by atoms with Gasteiger partial charge in [-0.1, -0.05) is 46.6 Å². The van der Waals surface area contributed by atoms with Crippen molar-refractivity contribution in [1.82, 2.24) is 0 Å². The Morgan fingerprint density at radius 3 is 2.82 bits per heavy atom. The monoisotopic (exact) mass is 318 g/mol. The highest BCUT2D eigenvalue weighted by atomic mass is 79.9. The molecule has 2 nitrogen and oxygen atoms in total. The lowest BCUT2D eigenvalue weighted by atomic mass is 9.91. The van der Waals surface area contributed by atoms with Crippen molar-refractivity contribution in [2.45, 2.75) is 36.8 Å². The van der Waals surface area contributed by atoms with Crippen molar-refractivity contribution in [1.29, 1.82) is 0 Å². The number of hydrogen-bond donors (Lipinski definition) is 0. The van der Waals surface area contributed by atoms with Crippen molar-refractivity contribution in [3.63, 3.8) is 0 Å². The molecular formula is C13H16BrClO2. The maximum absolute atomic E-state index is 6.06. The van der Waals surface area contributed by atoms with E-state index >= 15 is 0 Å². The van der Waals surface area contributed by atoms with Crippen LogP contribution in [0.25, 0.3) is 0 Å². The van der Waals surface area contributed by atoms with Gasteiger partial charge in [-0.05, 0) is 18.6 Å². The summed E-state index contributed by atoms with van der Waals surface area (Å²) in [5.74, 6) is 0.740. The van der Waals surface area contributed by atoms with Crippen LogP contribution in [0.2, 0.25) is 5.02 Å². The minimum absolute atomic E-state index is 0.103. The Morgan fingerprint density at radius 1 is 1.41 bits per heavy atom. The third kappa shape index (κ3) is 3.15. The van der Waals surface area contributed by atoms with E-state index in [1.54, 1.807) is 0 Å². The van der Waals surface area contributed by atoms with Crippen molar-refractivity contribution in [2.75, 3.05) is 6.61 Å². The van der Waals surface area contributed by atoms with Gasteiger partial charge in [0, 0.05) is 17.9 Å². The minimum atomic E-state index is 0.103. The predicted molar refractivity (Wildman–Crippen MR) is 73.2 cm³/mol. The zero-order chi connectivity index (χ0) is 12.3. The summed E-state index contributed by atoms with van der Waals surface area (Å²) in [6.45, 7) is 2.88. The number of halogens is 2. The highest BCUT2D eigenvalue weighted by Crippen LogP contribution is 2.36. The van der Waals surface area contributed by atoms with E-state index in [9.17, 15) is 0 Å². The number of hydrogen-bond acceptors (Lipinski definition) is 2. The van der Waals surface area contributed by atoms with Crippen molar-refractivity contribution in [3.8, 4) is 5.75 Å². The molecule has 1 aliphatic rings. The van der Waals surface area contributed by atoms with Gasteiger partial charge in [0.05, 0.1) is 5.02 Å². The molecule has 0 N–H and O–H groups in total. The lowest BCUT2D eigenvalue weighted by molar-refractivity contribution is -0.0761. The van der Waals surface area contributed by atoms with Crippen LogP contribution in [0.5, 0.6) is 5.75 Å². The number of benzene rings is 1. The molecule has 0 aliphatic heterocycles. The first-order valence-electron chi connectivity index (χ1n) is 5.89. The average molecular weight is 320 g/mol. The van der Waals surface area contributed by atoms with Crippen LogP contribution in [0.1, 0.15) is 19.8 Å². The van der Waals surface area contributed by atoms with Gasteiger partial charge in [-0.2, -0.15) is 0 Å². The molecule has 0 radical (unpaired) electrons. The molecule has 0 aromatic heterocycles. The van der Waals surface area contributed by atoms with Crippen LogP contribution in [0.3, 0.4) is 0 Å². The van der Waals surface area contributed by atoms with Gasteiger partial charge < -0.3 is 9.47 Å². The van der Waals surface area contributed by atoms with Crippen molar-refractivity contribution >= 4 is 27.5 Å². The van der Waals surface area contributed by atoms with Gasteiger partial charge in [-0.15, -0.1) is 0 Å². The first-order chi connectivity index (χ1) is 8.22. The SMILES string of the molecule is CCCOC1C(Br)CC1Oc1ccccc1Cl. The fourth-order valence-electron chi connectivity index (χ4n) is 1.81. The smallest absolute Gasteiger partial charge is 0.138 e. The summed E-state index contributed by atoms with van der Waals surface area (Å²) in [6.07, 6.45) is 2.21. The molecule has 1 saturated carbocycles. The van der Waals surface area contributed by atoms with E-state index in [2.05, 4.69) is 22.9 Å². The normalized spacial score (nSPS) is 27.6. The molecule has 1 aromatic rings. The second kappa shape index (κ2) is 6.07. The summed E-state index contributed by atoms with van der Waals surface area (Å²) in [4.78, 5) is 0.390. The van der Waals surface area contributed by atoms with Gasteiger partial charge in [-0.25, -0.2) is 0 Å². The third-order valence-corrected chi connectivity index (χ3v) is 4.02.